The van der Waals surface area contributed by atoms with E-state index in [0.29, 0.717) is 5.25 Å². The summed E-state index contributed by atoms with van der Waals surface area (Å²) in [5.41, 5.74) is 5.86. The van der Waals surface area contributed by atoms with Gasteiger partial charge in [0, 0.05) is 24.1 Å². The highest BCUT2D eigenvalue weighted by molar-refractivity contribution is 8.00. The van der Waals surface area contributed by atoms with E-state index in [1.54, 1.807) is 0 Å². The van der Waals surface area contributed by atoms with Crippen LogP contribution in [0.15, 0.2) is 0 Å². The van der Waals surface area contributed by atoms with Crippen LogP contribution >= 0.6 is 24.2 Å². The van der Waals surface area contributed by atoms with Crippen molar-refractivity contribution in [3.8, 4) is 0 Å². The normalized spacial score (nSPS) is 22.9. The molecule has 5 heteroatoms. The van der Waals surface area contributed by atoms with Crippen LogP contribution in [0.5, 0.6) is 0 Å². The highest BCUT2D eigenvalue weighted by Crippen LogP contribution is 2.24. The van der Waals surface area contributed by atoms with Crippen molar-refractivity contribution >= 4 is 30.1 Å². The fraction of sp³-hybridized carbons (Fsp3) is 0.917. The number of hydrogen-bond donors (Lipinski definition) is 1. The van der Waals surface area contributed by atoms with Gasteiger partial charge in [-0.2, -0.15) is 11.8 Å². The molecule has 1 rings (SSSR count). The third kappa shape index (κ3) is 4.68. The molecule has 2 atom stereocenters. The minimum absolute atomic E-state index is 0. The number of rotatable bonds is 2. The quantitative estimate of drug-likeness (QED) is 0.843. The van der Waals surface area contributed by atoms with Gasteiger partial charge in [0.25, 0.3) is 0 Å². The van der Waals surface area contributed by atoms with Crippen LogP contribution in [-0.2, 0) is 4.79 Å². The van der Waals surface area contributed by atoms with E-state index >= 15 is 0 Å². The number of carbonyl (C=O) groups is 1. The summed E-state index contributed by atoms with van der Waals surface area (Å²) in [5.74, 6) is 1.16. The smallest absolute Gasteiger partial charge is 0.240 e. The molecule has 2 N–H and O–H groups in total. The monoisotopic (exact) mass is 280 g/mol. The van der Waals surface area contributed by atoms with Crippen molar-refractivity contribution in [2.75, 3.05) is 18.8 Å². The lowest BCUT2D eigenvalue weighted by Gasteiger charge is -2.36. The van der Waals surface area contributed by atoms with Crippen molar-refractivity contribution in [1.82, 2.24) is 4.90 Å². The second-order valence-corrected chi connectivity index (χ2v) is 6.94. The van der Waals surface area contributed by atoms with Gasteiger partial charge in [-0.1, -0.05) is 27.7 Å². The van der Waals surface area contributed by atoms with Gasteiger partial charge in [-0.15, -0.1) is 12.4 Å². The Kier molecular flexibility index (Phi) is 6.89. The summed E-state index contributed by atoms with van der Waals surface area (Å²) in [4.78, 5) is 14.1. The van der Waals surface area contributed by atoms with Crippen LogP contribution in [0.25, 0.3) is 0 Å². The van der Waals surface area contributed by atoms with Crippen molar-refractivity contribution < 1.29 is 4.79 Å². The number of halogens is 1. The molecule has 0 saturated carbocycles. The van der Waals surface area contributed by atoms with Crippen molar-refractivity contribution in [1.29, 1.82) is 0 Å². The molecule has 0 radical (unpaired) electrons. The van der Waals surface area contributed by atoms with Crippen molar-refractivity contribution in [2.24, 2.45) is 11.1 Å². The molecule has 0 aliphatic carbocycles. The van der Waals surface area contributed by atoms with Gasteiger partial charge >= 0.3 is 0 Å². The Labute approximate surface area is 115 Å². The van der Waals surface area contributed by atoms with Gasteiger partial charge in [-0.25, -0.2) is 0 Å². The maximum absolute atomic E-state index is 12.2. The molecule has 0 bridgehead atoms. The summed E-state index contributed by atoms with van der Waals surface area (Å²) in [6, 6.07) is -0.381. The van der Waals surface area contributed by atoms with Gasteiger partial charge in [0.1, 0.15) is 0 Å². The molecular weight excluding hydrogens is 256 g/mol. The van der Waals surface area contributed by atoms with E-state index in [9.17, 15) is 4.79 Å². The molecular formula is C12H25ClN2OS. The first kappa shape index (κ1) is 17.1. The number of carbonyl (C=O) groups excluding carboxylic acids is 1. The summed E-state index contributed by atoms with van der Waals surface area (Å²) in [5, 5.41) is 0.588. The van der Waals surface area contributed by atoms with E-state index in [4.69, 9.17) is 5.73 Å². The molecule has 1 heterocycles. The molecule has 102 valence electrons. The van der Waals surface area contributed by atoms with Crippen LogP contribution in [0.2, 0.25) is 0 Å². The minimum Gasteiger partial charge on any atom is -0.339 e. The van der Waals surface area contributed by atoms with E-state index in [2.05, 4.69) is 6.92 Å². The van der Waals surface area contributed by atoms with Crippen LogP contribution in [0.4, 0.5) is 0 Å². The van der Waals surface area contributed by atoms with Crippen LogP contribution in [0, 0.1) is 5.41 Å². The topological polar surface area (TPSA) is 46.3 Å². The molecule has 1 aliphatic heterocycles. The molecule has 1 fully saturated rings. The number of thioether (sulfide) groups is 1. The maximum atomic E-state index is 12.2. The molecule has 1 saturated heterocycles. The summed E-state index contributed by atoms with van der Waals surface area (Å²) < 4.78 is 0. The summed E-state index contributed by atoms with van der Waals surface area (Å²) >= 11 is 1.97. The summed E-state index contributed by atoms with van der Waals surface area (Å²) in [7, 11) is 0. The van der Waals surface area contributed by atoms with E-state index in [-0.39, 0.29) is 29.8 Å². The van der Waals surface area contributed by atoms with Gasteiger partial charge in [-0.3, -0.25) is 4.79 Å². The fourth-order valence-electron chi connectivity index (χ4n) is 1.73. The van der Waals surface area contributed by atoms with Crippen LogP contribution < -0.4 is 5.73 Å². The number of nitrogens with zero attached hydrogens (tertiary/aromatic N) is 1. The Balaban J connectivity index is 0.00000256. The van der Waals surface area contributed by atoms with E-state index in [1.807, 2.05) is 37.4 Å². The van der Waals surface area contributed by atoms with Crippen LogP contribution in [-0.4, -0.2) is 40.9 Å². The Hall–Kier alpha value is 0.0700. The first-order valence-electron chi connectivity index (χ1n) is 6.02. The Morgan fingerprint density at radius 1 is 1.53 bits per heavy atom. The molecule has 0 spiro atoms. The fourth-order valence-corrected chi connectivity index (χ4v) is 2.91. The average molecular weight is 281 g/mol. The third-order valence-electron chi connectivity index (χ3n) is 3.10. The largest absolute Gasteiger partial charge is 0.339 e. The predicted molar refractivity (Wildman–Crippen MR) is 77.8 cm³/mol. The number of hydrogen-bond acceptors (Lipinski definition) is 3. The van der Waals surface area contributed by atoms with Crippen LogP contribution in [0.1, 0.15) is 34.1 Å². The average Bonchev–Trinajstić information content (AvgIpc) is 2.26. The second kappa shape index (κ2) is 6.86. The first-order chi connectivity index (χ1) is 7.36. The zero-order valence-electron chi connectivity index (χ0n) is 11.2. The SMILES string of the molecule is CCC1CN(C(=O)[C@@H](N)C(C)(C)C)CCS1.Cl. The number of amides is 1. The summed E-state index contributed by atoms with van der Waals surface area (Å²) in [6.45, 7) is 9.95. The Morgan fingerprint density at radius 2 is 2.12 bits per heavy atom. The van der Waals surface area contributed by atoms with Crippen molar-refractivity contribution in [2.45, 2.75) is 45.4 Å². The zero-order valence-corrected chi connectivity index (χ0v) is 12.9. The highest BCUT2D eigenvalue weighted by Gasteiger charge is 2.33. The van der Waals surface area contributed by atoms with Crippen molar-refractivity contribution in [3.05, 3.63) is 0 Å². The van der Waals surface area contributed by atoms with E-state index in [0.717, 1.165) is 25.3 Å². The lowest BCUT2D eigenvalue weighted by atomic mass is 9.86. The molecule has 0 aromatic carbocycles. The zero-order chi connectivity index (χ0) is 12.3. The molecule has 0 aromatic heterocycles. The van der Waals surface area contributed by atoms with Crippen LogP contribution in [0.3, 0.4) is 0 Å². The van der Waals surface area contributed by atoms with Gasteiger partial charge in [0.15, 0.2) is 0 Å². The van der Waals surface area contributed by atoms with Gasteiger partial charge in [0.2, 0.25) is 5.91 Å². The second-order valence-electron chi connectivity index (χ2n) is 5.53. The predicted octanol–water partition coefficient (Wildman–Crippen LogP) is 2.14. The first-order valence-corrected chi connectivity index (χ1v) is 7.07. The van der Waals surface area contributed by atoms with E-state index < -0.39 is 0 Å². The molecule has 1 amide bonds. The molecule has 17 heavy (non-hydrogen) atoms. The molecule has 1 aliphatic rings. The van der Waals surface area contributed by atoms with Gasteiger partial charge < -0.3 is 10.6 Å². The maximum Gasteiger partial charge on any atom is 0.240 e. The Bertz CT molecular complexity index is 255. The lowest BCUT2D eigenvalue weighted by molar-refractivity contribution is -0.134. The third-order valence-corrected chi connectivity index (χ3v) is 4.48. The molecule has 1 unspecified atom stereocenters. The molecule has 3 nitrogen and oxygen atoms in total. The standard InChI is InChI=1S/C12H24N2OS.ClH/c1-5-9-8-14(6-7-16-9)11(15)10(13)12(2,3)4;/h9-10H,5-8,13H2,1-4H3;1H/t9?,10-;/m1./s1. The lowest BCUT2D eigenvalue weighted by Crippen LogP contribution is -2.53. The molecule has 0 aromatic rings. The highest BCUT2D eigenvalue weighted by atomic mass is 35.5. The minimum atomic E-state index is -0.381. The van der Waals surface area contributed by atoms with Crippen molar-refractivity contribution in [3.63, 3.8) is 0 Å². The van der Waals surface area contributed by atoms with Gasteiger partial charge in [-0.05, 0) is 11.8 Å². The van der Waals surface area contributed by atoms with Gasteiger partial charge in [0.05, 0.1) is 6.04 Å². The summed E-state index contributed by atoms with van der Waals surface area (Å²) in [6.07, 6.45) is 1.12. The number of nitrogens with two attached hydrogens (primary N) is 1. The van der Waals surface area contributed by atoms with E-state index in [1.165, 1.54) is 0 Å². The Morgan fingerprint density at radius 3 is 2.59 bits per heavy atom.